The molecule has 1 aromatic carbocycles. The van der Waals surface area contributed by atoms with Gasteiger partial charge in [0.25, 0.3) is 0 Å². The maximum atomic E-state index is 5.71. The molecular formula is C12H19NO2. The second-order valence-corrected chi connectivity index (χ2v) is 3.48. The molecule has 1 aromatic rings. The second-order valence-electron chi connectivity index (χ2n) is 3.48. The Morgan fingerprint density at radius 3 is 2.47 bits per heavy atom. The van der Waals surface area contributed by atoms with Gasteiger partial charge >= 0.3 is 0 Å². The average Bonchev–Trinajstić information content (AvgIpc) is 2.27. The molecule has 1 rings (SSSR count). The zero-order valence-corrected chi connectivity index (χ0v) is 9.62. The van der Waals surface area contributed by atoms with Crippen molar-refractivity contribution in [3.05, 3.63) is 24.3 Å². The van der Waals surface area contributed by atoms with Crippen LogP contribution in [0.5, 0.6) is 5.75 Å². The summed E-state index contributed by atoms with van der Waals surface area (Å²) in [4.78, 5) is 0. The minimum absolute atomic E-state index is 0.186. The number of nitrogens with one attached hydrogen (secondary N) is 1. The van der Waals surface area contributed by atoms with Crippen LogP contribution in [0.3, 0.4) is 0 Å². The Bertz CT molecular complexity index is 271. The van der Waals surface area contributed by atoms with Gasteiger partial charge in [0.2, 0.25) is 0 Å². The molecule has 1 unspecified atom stereocenters. The fourth-order valence-electron chi connectivity index (χ4n) is 1.28. The molecule has 0 heterocycles. The summed E-state index contributed by atoms with van der Waals surface area (Å²) in [7, 11) is 3.60. The van der Waals surface area contributed by atoms with Gasteiger partial charge in [-0.1, -0.05) is 0 Å². The Morgan fingerprint density at radius 1 is 1.27 bits per heavy atom. The van der Waals surface area contributed by atoms with Crippen LogP contribution >= 0.6 is 0 Å². The molecule has 0 aliphatic heterocycles. The van der Waals surface area contributed by atoms with Crippen molar-refractivity contribution in [3.63, 3.8) is 0 Å². The van der Waals surface area contributed by atoms with E-state index in [9.17, 15) is 0 Å². The lowest BCUT2D eigenvalue weighted by molar-refractivity contribution is 0.135. The van der Waals surface area contributed by atoms with E-state index in [1.807, 2.05) is 38.2 Å². The van der Waals surface area contributed by atoms with E-state index in [1.54, 1.807) is 7.11 Å². The van der Waals surface area contributed by atoms with Crippen molar-refractivity contribution in [2.75, 3.05) is 26.1 Å². The maximum absolute atomic E-state index is 5.71. The summed E-state index contributed by atoms with van der Waals surface area (Å²) in [5, 5.41) is 3.07. The van der Waals surface area contributed by atoms with Gasteiger partial charge in [-0.15, -0.1) is 0 Å². The minimum Gasteiger partial charge on any atom is -0.491 e. The molecule has 84 valence electrons. The fraction of sp³-hybridized carbons (Fsp3) is 0.500. The highest BCUT2D eigenvalue weighted by Crippen LogP contribution is 2.17. The lowest BCUT2D eigenvalue weighted by atomic mass is 10.2. The Balaban J connectivity index is 2.42. The van der Waals surface area contributed by atoms with Crippen LogP contribution in [-0.2, 0) is 4.74 Å². The lowest BCUT2D eigenvalue weighted by Gasteiger charge is -2.14. The number of ether oxygens (including phenoxy) is 2. The normalized spacial score (nSPS) is 12.2. The largest absolute Gasteiger partial charge is 0.491 e. The summed E-state index contributed by atoms with van der Waals surface area (Å²) in [6, 6.07) is 7.93. The van der Waals surface area contributed by atoms with E-state index in [4.69, 9.17) is 9.47 Å². The number of benzene rings is 1. The average molecular weight is 209 g/mol. The molecule has 0 saturated carbocycles. The van der Waals surface area contributed by atoms with Gasteiger partial charge in [0.15, 0.2) is 0 Å². The molecule has 0 aromatic heterocycles. The van der Waals surface area contributed by atoms with E-state index in [0.29, 0.717) is 0 Å². The monoisotopic (exact) mass is 209 g/mol. The van der Waals surface area contributed by atoms with E-state index in [-0.39, 0.29) is 6.10 Å². The van der Waals surface area contributed by atoms with Crippen molar-refractivity contribution in [1.29, 1.82) is 0 Å². The summed E-state index contributed by atoms with van der Waals surface area (Å²) in [5.41, 5.74) is 1.09. The lowest BCUT2D eigenvalue weighted by Crippen LogP contribution is -2.14. The standard InChI is InChI=1S/C12H19NO2/c1-10(8-9-14-3)15-12-6-4-11(13-2)5-7-12/h4-7,10,13H,8-9H2,1-3H3. The molecule has 3 heteroatoms. The van der Waals surface area contributed by atoms with E-state index in [2.05, 4.69) is 5.32 Å². The predicted octanol–water partition coefficient (Wildman–Crippen LogP) is 2.53. The van der Waals surface area contributed by atoms with Gasteiger partial charge in [0.1, 0.15) is 5.75 Å². The fourth-order valence-corrected chi connectivity index (χ4v) is 1.28. The van der Waals surface area contributed by atoms with Crippen molar-refractivity contribution in [3.8, 4) is 5.75 Å². The van der Waals surface area contributed by atoms with Crippen LogP contribution in [0.25, 0.3) is 0 Å². The molecular weight excluding hydrogens is 190 g/mol. The number of hydrogen-bond donors (Lipinski definition) is 1. The molecule has 0 fully saturated rings. The van der Waals surface area contributed by atoms with Crippen molar-refractivity contribution < 1.29 is 9.47 Å². The number of methoxy groups -OCH3 is 1. The molecule has 0 aliphatic rings. The van der Waals surface area contributed by atoms with Crippen molar-refractivity contribution in [2.45, 2.75) is 19.4 Å². The summed E-state index contributed by atoms with van der Waals surface area (Å²) in [6.07, 6.45) is 1.09. The van der Waals surface area contributed by atoms with Crippen molar-refractivity contribution >= 4 is 5.69 Å². The molecule has 0 spiro atoms. The molecule has 3 nitrogen and oxygen atoms in total. The van der Waals surface area contributed by atoms with E-state index in [0.717, 1.165) is 24.5 Å². The van der Waals surface area contributed by atoms with Crippen LogP contribution in [-0.4, -0.2) is 26.9 Å². The predicted molar refractivity (Wildman–Crippen MR) is 62.6 cm³/mol. The summed E-state index contributed by atoms with van der Waals surface area (Å²) >= 11 is 0. The third kappa shape index (κ3) is 4.21. The number of rotatable bonds is 6. The van der Waals surface area contributed by atoms with Gasteiger partial charge in [-0.25, -0.2) is 0 Å². The van der Waals surface area contributed by atoms with Crippen molar-refractivity contribution in [1.82, 2.24) is 0 Å². The van der Waals surface area contributed by atoms with Crippen LogP contribution in [0.15, 0.2) is 24.3 Å². The third-order valence-corrected chi connectivity index (χ3v) is 2.21. The molecule has 1 N–H and O–H groups in total. The minimum atomic E-state index is 0.186. The first kappa shape index (κ1) is 11.9. The van der Waals surface area contributed by atoms with Crippen molar-refractivity contribution in [2.24, 2.45) is 0 Å². The van der Waals surface area contributed by atoms with Crippen LogP contribution in [0, 0.1) is 0 Å². The highest BCUT2D eigenvalue weighted by atomic mass is 16.5. The van der Waals surface area contributed by atoms with Crippen LogP contribution in [0.4, 0.5) is 5.69 Å². The zero-order chi connectivity index (χ0) is 11.1. The molecule has 0 aliphatic carbocycles. The molecule has 0 radical (unpaired) electrons. The Hall–Kier alpha value is -1.22. The first-order valence-electron chi connectivity index (χ1n) is 5.19. The molecule has 0 saturated heterocycles. The van der Waals surface area contributed by atoms with Gasteiger partial charge in [-0.3, -0.25) is 0 Å². The second kappa shape index (κ2) is 6.30. The third-order valence-electron chi connectivity index (χ3n) is 2.21. The van der Waals surface area contributed by atoms with E-state index < -0.39 is 0 Å². The van der Waals surface area contributed by atoms with E-state index >= 15 is 0 Å². The number of anilines is 1. The molecule has 0 bridgehead atoms. The smallest absolute Gasteiger partial charge is 0.119 e. The molecule has 15 heavy (non-hydrogen) atoms. The topological polar surface area (TPSA) is 30.5 Å². The molecule has 1 atom stereocenters. The first-order valence-corrected chi connectivity index (χ1v) is 5.19. The van der Waals surface area contributed by atoms with Gasteiger partial charge in [0.05, 0.1) is 6.10 Å². The van der Waals surface area contributed by atoms with Crippen LogP contribution < -0.4 is 10.1 Å². The summed E-state index contributed by atoms with van der Waals surface area (Å²) in [6.45, 7) is 2.78. The highest BCUT2D eigenvalue weighted by molar-refractivity contribution is 5.45. The van der Waals surface area contributed by atoms with Crippen LogP contribution in [0.2, 0.25) is 0 Å². The Labute approximate surface area is 91.4 Å². The maximum Gasteiger partial charge on any atom is 0.119 e. The van der Waals surface area contributed by atoms with Crippen LogP contribution in [0.1, 0.15) is 13.3 Å². The Morgan fingerprint density at radius 2 is 1.93 bits per heavy atom. The SMILES string of the molecule is CNc1ccc(OC(C)CCOC)cc1. The highest BCUT2D eigenvalue weighted by Gasteiger charge is 2.03. The quantitative estimate of drug-likeness (QED) is 0.781. The van der Waals surface area contributed by atoms with Gasteiger partial charge in [-0.05, 0) is 31.2 Å². The van der Waals surface area contributed by atoms with Gasteiger partial charge in [-0.2, -0.15) is 0 Å². The summed E-state index contributed by atoms with van der Waals surface area (Å²) in [5.74, 6) is 0.901. The van der Waals surface area contributed by atoms with E-state index in [1.165, 1.54) is 0 Å². The Kier molecular flexibility index (Phi) is 4.98. The number of hydrogen-bond acceptors (Lipinski definition) is 3. The van der Waals surface area contributed by atoms with Gasteiger partial charge in [0, 0.05) is 32.9 Å². The first-order chi connectivity index (χ1) is 7.26. The molecule has 0 amide bonds. The van der Waals surface area contributed by atoms with Gasteiger partial charge < -0.3 is 14.8 Å². The zero-order valence-electron chi connectivity index (χ0n) is 9.62. The summed E-state index contributed by atoms with van der Waals surface area (Å²) < 4.78 is 10.7.